The molecule has 3 aromatic carbocycles. The van der Waals surface area contributed by atoms with Gasteiger partial charge in [-0.05, 0) is 78.6 Å². The van der Waals surface area contributed by atoms with Crippen LogP contribution in [-0.4, -0.2) is 0 Å². The Labute approximate surface area is 180 Å². The minimum absolute atomic E-state index is 0.586. The summed E-state index contributed by atoms with van der Waals surface area (Å²) in [5.41, 5.74) is 4.83. The maximum absolute atomic E-state index is 3.53. The Kier molecular flexibility index (Phi) is 8.59. The second-order valence-electron chi connectivity index (χ2n) is 6.19. The number of rotatable bonds is 5. The van der Waals surface area contributed by atoms with Crippen LogP contribution in [-0.2, 0) is 0 Å². The molecular formula is C24H27Br2N. The minimum atomic E-state index is 0.586. The van der Waals surface area contributed by atoms with Crippen LogP contribution in [0.3, 0.4) is 0 Å². The molecule has 3 rings (SSSR count). The Morgan fingerprint density at radius 2 is 1.00 bits per heavy atom. The van der Waals surface area contributed by atoms with E-state index in [1.165, 1.54) is 5.56 Å². The molecule has 27 heavy (non-hydrogen) atoms. The van der Waals surface area contributed by atoms with Gasteiger partial charge in [0.15, 0.2) is 0 Å². The Morgan fingerprint density at radius 3 is 1.33 bits per heavy atom. The highest BCUT2D eigenvalue weighted by Gasteiger charge is 2.13. The van der Waals surface area contributed by atoms with E-state index in [2.05, 4.69) is 123 Å². The molecule has 142 valence electrons. The second-order valence-corrected chi connectivity index (χ2v) is 8.02. The molecule has 0 saturated heterocycles. The maximum Gasteiger partial charge on any atom is 0.0462 e. The molecule has 0 radical (unpaired) electrons. The van der Waals surface area contributed by atoms with Crippen LogP contribution >= 0.6 is 31.9 Å². The van der Waals surface area contributed by atoms with Crippen LogP contribution in [0.4, 0.5) is 17.1 Å². The largest absolute Gasteiger partial charge is 0.311 e. The summed E-state index contributed by atoms with van der Waals surface area (Å²) < 4.78 is 2.17. The van der Waals surface area contributed by atoms with Crippen LogP contribution in [0.1, 0.15) is 45.6 Å². The summed E-state index contributed by atoms with van der Waals surface area (Å²) in [4.78, 5) is 2.28. The molecule has 0 aliphatic rings. The number of anilines is 3. The summed E-state index contributed by atoms with van der Waals surface area (Å²) in [6.07, 6.45) is 1.16. The highest BCUT2D eigenvalue weighted by molar-refractivity contribution is 9.10. The second kappa shape index (κ2) is 10.7. The van der Waals surface area contributed by atoms with Gasteiger partial charge in [0.1, 0.15) is 0 Å². The monoisotopic (exact) mass is 487 g/mol. The van der Waals surface area contributed by atoms with Crippen molar-refractivity contribution >= 4 is 48.9 Å². The average Bonchev–Trinajstić information content (AvgIpc) is 2.72. The number of nitrogens with zero attached hydrogens (tertiary/aromatic N) is 1. The molecule has 0 heterocycles. The summed E-state index contributed by atoms with van der Waals surface area (Å²) in [5, 5.41) is 0. The fourth-order valence-electron chi connectivity index (χ4n) is 2.82. The third kappa shape index (κ3) is 5.70. The summed E-state index contributed by atoms with van der Waals surface area (Å²) >= 11 is 7.05. The first-order valence-electron chi connectivity index (χ1n) is 9.49. The molecule has 0 spiro atoms. The SMILES string of the molecule is CC.CCC(C)c1ccc(N(c2ccc(Br)cc2)c2ccc(Br)cc2)cc1. The van der Waals surface area contributed by atoms with Gasteiger partial charge in [-0.2, -0.15) is 0 Å². The van der Waals surface area contributed by atoms with Gasteiger partial charge in [0, 0.05) is 26.0 Å². The van der Waals surface area contributed by atoms with Crippen molar-refractivity contribution in [3.8, 4) is 0 Å². The maximum atomic E-state index is 3.53. The quantitative estimate of drug-likeness (QED) is 0.345. The Balaban J connectivity index is 0.00000126. The highest BCUT2D eigenvalue weighted by Crippen LogP contribution is 2.36. The fraction of sp³-hybridized carbons (Fsp3) is 0.250. The van der Waals surface area contributed by atoms with E-state index >= 15 is 0 Å². The highest BCUT2D eigenvalue weighted by atomic mass is 79.9. The molecule has 1 unspecified atom stereocenters. The lowest BCUT2D eigenvalue weighted by molar-refractivity contribution is 0.733. The number of hydrogen-bond donors (Lipinski definition) is 0. The van der Waals surface area contributed by atoms with Gasteiger partial charge in [0.25, 0.3) is 0 Å². The van der Waals surface area contributed by atoms with Gasteiger partial charge in [-0.1, -0.05) is 71.7 Å². The van der Waals surface area contributed by atoms with Crippen molar-refractivity contribution in [2.75, 3.05) is 4.90 Å². The lowest BCUT2D eigenvalue weighted by Crippen LogP contribution is -2.09. The van der Waals surface area contributed by atoms with Crippen LogP contribution in [0.2, 0.25) is 0 Å². The van der Waals surface area contributed by atoms with Crippen molar-refractivity contribution in [3.05, 3.63) is 87.3 Å². The van der Waals surface area contributed by atoms with Crippen molar-refractivity contribution < 1.29 is 0 Å². The van der Waals surface area contributed by atoms with Crippen LogP contribution in [0, 0.1) is 0 Å². The Bertz CT molecular complexity index is 763. The van der Waals surface area contributed by atoms with Crippen LogP contribution < -0.4 is 4.90 Å². The summed E-state index contributed by atoms with van der Waals surface area (Å²) in [6, 6.07) is 25.8. The zero-order valence-electron chi connectivity index (χ0n) is 16.4. The van der Waals surface area contributed by atoms with Crippen molar-refractivity contribution in [3.63, 3.8) is 0 Å². The zero-order chi connectivity index (χ0) is 19.8. The standard InChI is InChI=1S/C22H21Br2N.C2H6/c1-3-16(2)17-4-10-20(11-5-17)25(21-12-6-18(23)7-13-21)22-14-8-19(24)9-15-22;1-2/h4-16H,3H2,1-2H3;1-2H3. The molecule has 0 aliphatic heterocycles. The number of benzene rings is 3. The van der Waals surface area contributed by atoms with Gasteiger partial charge in [-0.15, -0.1) is 0 Å². The first kappa shape index (κ1) is 21.7. The Hall–Kier alpha value is -1.58. The van der Waals surface area contributed by atoms with Crippen molar-refractivity contribution in [2.24, 2.45) is 0 Å². The van der Waals surface area contributed by atoms with Crippen molar-refractivity contribution in [1.82, 2.24) is 0 Å². The number of halogens is 2. The van der Waals surface area contributed by atoms with E-state index in [4.69, 9.17) is 0 Å². The molecule has 0 aromatic heterocycles. The lowest BCUT2D eigenvalue weighted by Gasteiger charge is -2.26. The Morgan fingerprint density at radius 1 is 0.667 bits per heavy atom. The third-order valence-electron chi connectivity index (χ3n) is 4.50. The lowest BCUT2D eigenvalue weighted by atomic mass is 9.98. The summed E-state index contributed by atoms with van der Waals surface area (Å²) in [6.45, 7) is 8.50. The van der Waals surface area contributed by atoms with Gasteiger partial charge in [-0.3, -0.25) is 0 Å². The fourth-order valence-corrected chi connectivity index (χ4v) is 3.34. The smallest absolute Gasteiger partial charge is 0.0462 e. The topological polar surface area (TPSA) is 3.24 Å². The molecule has 3 aromatic rings. The van der Waals surface area contributed by atoms with Gasteiger partial charge < -0.3 is 4.90 Å². The van der Waals surface area contributed by atoms with Gasteiger partial charge >= 0.3 is 0 Å². The molecule has 0 N–H and O–H groups in total. The average molecular weight is 489 g/mol. The normalized spacial score (nSPS) is 11.3. The van der Waals surface area contributed by atoms with E-state index < -0.39 is 0 Å². The van der Waals surface area contributed by atoms with E-state index in [1.807, 2.05) is 13.8 Å². The molecule has 3 heteroatoms. The molecule has 0 bridgehead atoms. The van der Waals surface area contributed by atoms with Gasteiger partial charge in [0.2, 0.25) is 0 Å². The predicted octanol–water partition coefficient (Wildman–Crippen LogP) is 9.22. The van der Waals surface area contributed by atoms with Crippen LogP contribution in [0.25, 0.3) is 0 Å². The molecule has 1 atom stereocenters. The van der Waals surface area contributed by atoms with Crippen molar-refractivity contribution in [1.29, 1.82) is 0 Å². The molecule has 0 amide bonds. The summed E-state index contributed by atoms with van der Waals surface area (Å²) in [7, 11) is 0. The third-order valence-corrected chi connectivity index (χ3v) is 5.56. The van der Waals surface area contributed by atoms with E-state index in [1.54, 1.807) is 0 Å². The van der Waals surface area contributed by atoms with E-state index in [-0.39, 0.29) is 0 Å². The van der Waals surface area contributed by atoms with E-state index in [9.17, 15) is 0 Å². The molecule has 0 fully saturated rings. The summed E-state index contributed by atoms with van der Waals surface area (Å²) in [5.74, 6) is 0.586. The first-order chi connectivity index (χ1) is 13.1. The van der Waals surface area contributed by atoms with Crippen LogP contribution in [0.15, 0.2) is 81.7 Å². The molecule has 0 aliphatic carbocycles. The molecular weight excluding hydrogens is 462 g/mol. The molecule has 0 saturated carbocycles. The van der Waals surface area contributed by atoms with Crippen LogP contribution in [0.5, 0.6) is 0 Å². The minimum Gasteiger partial charge on any atom is -0.311 e. The van der Waals surface area contributed by atoms with Gasteiger partial charge in [-0.25, -0.2) is 0 Å². The van der Waals surface area contributed by atoms with E-state index in [0.29, 0.717) is 5.92 Å². The van der Waals surface area contributed by atoms with E-state index in [0.717, 1.165) is 32.4 Å². The predicted molar refractivity (Wildman–Crippen MR) is 127 cm³/mol. The van der Waals surface area contributed by atoms with Crippen molar-refractivity contribution in [2.45, 2.75) is 40.0 Å². The molecule has 1 nitrogen and oxygen atoms in total. The van der Waals surface area contributed by atoms with Gasteiger partial charge in [0.05, 0.1) is 0 Å². The first-order valence-corrected chi connectivity index (χ1v) is 11.1. The number of hydrogen-bond acceptors (Lipinski definition) is 1. The zero-order valence-corrected chi connectivity index (χ0v) is 19.6.